The van der Waals surface area contributed by atoms with Gasteiger partial charge >= 0.3 is 11.8 Å². The van der Waals surface area contributed by atoms with Crippen LogP contribution < -0.4 is 16.4 Å². The Kier molecular flexibility index (Phi) is 4.47. The minimum Gasteiger partial charge on any atom is -0.398 e. The molecule has 0 saturated carbocycles. The summed E-state index contributed by atoms with van der Waals surface area (Å²) in [6, 6.07) is 11.2. The maximum absolute atomic E-state index is 11.9. The number of nitrogens with two attached hydrogens (primary N) is 1. The molecule has 1 aromatic carbocycles. The normalized spacial score (nSPS) is 9.86. The average molecular weight is 298 g/mol. The Hall–Kier alpha value is -3.22. The number of carbonyl (C=O) groups excluding carboxylic acids is 3. The van der Waals surface area contributed by atoms with Crippen LogP contribution in [-0.2, 0) is 9.59 Å². The molecule has 1 heterocycles. The van der Waals surface area contributed by atoms with Gasteiger partial charge < -0.3 is 11.1 Å². The van der Waals surface area contributed by atoms with Crippen LogP contribution in [0.2, 0.25) is 0 Å². The largest absolute Gasteiger partial charge is 0.398 e. The predicted octanol–water partition coefficient (Wildman–Crippen LogP) is 0.867. The van der Waals surface area contributed by atoms with Crippen molar-refractivity contribution >= 4 is 29.2 Å². The molecule has 0 saturated heterocycles. The van der Waals surface area contributed by atoms with E-state index in [-0.39, 0.29) is 17.1 Å². The molecule has 112 valence electrons. The fourth-order valence-electron chi connectivity index (χ4n) is 1.72. The minimum atomic E-state index is -1.09. The van der Waals surface area contributed by atoms with Crippen LogP contribution in [0.25, 0.3) is 0 Å². The highest BCUT2D eigenvalue weighted by Crippen LogP contribution is 2.10. The van der Waals surface area contributed by atoms with Gasteiger partial charge in [0, 0.05) is 11.4 Å². The summed E-state index contributed by atoms with van der Waals surface area (Å²) in [5, 5.41) is 4.28. The molecular weight excluding hydrogens is 284 g/mol. The zero-order valence-corrected chi connectivity index (χ0v) is 11.8. The van der Waals surface area contributed by atoms with Gasteiger partial charge in [0.15, 0.2) is 0 Å². The van der Waals surface area contributed by atoms with E-state index in [0.717, 1.165) is 0 Å². The van der Waals surface area contributed by atoms with Gasteiger partial charge in [0.2, 0.25) is 0 Å². The second-order valence-electron chi connectivity index (χ2n) is 4.49. The molecule has 0 atom stereocenters. The van der Waals surface area contributed by atoms with E-state index in [9.17, 15) is 14.4 Å². The highest BCUT2D eigenvalue weighted by Gasteiger charge is 2.19. The maximum atomic E-state index is 11.9. The van der Waals surface area contributed by atoms with Crippen molar-refractivity contribution in [2.45, 2.75) is 6.92 Å². The topological polar surface area (TPSA) is 114 Å². The Labute approximate surface area is 126 Å². The van der Waals surface area contributed by atoms with Gasteiger partial charge in [-0.05, 0) is 31.2 Å². The maximum Gasteiger partial charge on any atom is 0.316 e. The molecule has 1 aromatic heterocycles. The van der Waals surface area contributed by atoms with Gasteiger partial charge in [0.25, 0.3) is 5.91 Å². The summed E-state index contributed by atoms with van der Waals surface area (Å²) in [6.45, 7) is 1.75. The highest BCUT2D eigenvalue weighted by molar-refractivity contribution is 6.42. The summed E-state index contributed by atoms with van der Waals surface area (Å²) in [4.78, 5) is 39.4. The highest BCUT2D eigenvalue weighted by atomic mass is 16.2. The fraction of sp³-hybridized carbons (Fsp3) is 0.0667. The third-order valence-electron chi connectivity index (χ3n) is 2.77. The lowest BCUT2D eigenvalue weighted by atomic mass is 10.1. The van der Waals surface area contributed by atoms with Crippen molar-refractivity contribution in [3.8, 4) is 0 Å². The molecule has 7 nitrogen and oxygen atoms in total. The smallest absolute Gasteiger partial charge is 0.316 e. The first-order valence-corrected chi connectivity index (χ1v) is 6.42. The first-order valence-electron chi connectivity index (χ1n) is 6.42. The zero-order chi connectivity index (χ0) is 16.1. The van der Waals surface area contributed by atoms with Gasteiger partial charge in [-0.25, -0.2) is 4.98 Å². The van der Waals surface area contributed by atoms with Gasteiger partial charge in [-0.1, -0.05) is 18.2 Å². The first-order chi connectivity index (χ1) is 10.5. The van der Waals surface area contributed by atoms with Crippen LogP contribution in [0.1, 0.15) is 16.1 Å². The molecule has 0 radical (unpaired) electrons. The monoisotopic (exact) mass is 298 g/mol. The lowest BCUT2D eigenvalue weighted by Crippen LogP contribution is -2.39. The number of rotatable bonds is 2. The van der Waals surface area contributed by atoms with Gasteiger partial charge in [0.05, 0.1) is 5.56 Å². The number of anilines is 2. The molecule has 2 aromatic rings. The third-order valence-corrected chi connectivity index (χ3v) is 2.77. The molecule has 7 heteroatoms. The first kappa shape index (κ1) is 15.2. The molecule has 0 aliphatic heterocycles. The lowest BCUT2D eigenvalue weighted by Gasteiger charge is -2.07. The summed E-state index contributed by atoms with van der Waals surface area (Å²) in [5.74, 6) is -2.58. The van der Waals surface area contributed by atoms with Crippen molar-refractivity contribution in [3.05, 3.63) is 53.7 Å². The van der Waals surface area contributed by atoms with Gasteiger partial charge in [-0.15, -0.1) is 0 Å². The molecule has 0 unspecified atom stereocenters. The Morgan fingerprint density at radius 3 is 2.41 bits per heavy atom. The number of hydrogen-bond donors (Lipinski definition) is 3. The van der Waals surface area contributed by atoms with Crippen molar-refractivity contribution in [3.63, 3.8) is 0 Å². The molecule has 3 amide bonds. The summed E-state index contributed by atoms with van der Waals surface area (Å²) in [7, 11) is 0. The Balaban J connectivity index is 2.01. The number of nitrogens with one attached hydrogen (secondary N) is 2. The van der Waals surface area contributed by atoms with Crippen LogP contribution >= 0.6 is 0 Å². The average Bonchev–Trinajstić information content (AvgIpc) is 2.47. The number of nitrogen functional groups attached to an aromatic ring is 1. The van der Waals surface area contributed by atoms with Gasteiger partial charge in [-0.2, -0.15) is 0 Å². The van der Waals surface area contributed by atoms with Crippen LogP contribution in [0.5, 0.6) is 0 Å². The van der Waals surface area contributed by atoms with E-state index >= 15 is 0 Å². The molecule has 0 spiro atoms. The van der Waals surface area contributed by atoms with Crippen LogP contribution in [0.15, 0.2) is 42.5 Å². The van der Waals surface area contributed by atoms with Crippen molar-refractivity contribution in [2.75, 3.05) is 11.1 Å². The predicted molar refractivity (Wildman–Crippen MR) is 80.9 cm³/mol. The summed E-state index contributed by atoms with van der Waals surface area (Å²) >= 11 is 0. The Morgan fingerprint density at radius 1 is 1.00 bits per heavy atom. The quantitative estimate of drug-likeness (QED) is 0.562. The van der Waals surface area contributed by atoms with E-state index in [1.807, 2.05) is 5.32 Å². The molecule has 22 heavy (non-hydrogen) atoms. The number of para-hydroxylation sites is 1. The molecule has 0 aliphatic rings. The molecule has 0 aliphatic carbocycles. The zero-order valence-electron chi connectivity index (χ0n) is 11.8. The molecular formula is C15H14N4O3. The standard InChI is InChI=1S/C15H14N4O3/c1-9-5-4-8-12(17-9)18-14(21)15(22)19-13(20)10-6-2-3-7-11(10)16/h2-8H,16H2,1H3,(H,17,18,21)(H,19,20,22). The van der Waals surface area contributed by atoms with Crippen molar-refractivity contribution in [2.24, 2.45) is 0 Å². The van der Waals surface area contributed by atoms with E-state index in [0.29, 0.717) is 5.69 Å². The molecule has 0 bridgehead atoms. The number of benzene rings is 1. The number of aryl methyl sites for hydroxylation is 1. The van der Waals surface area contributed by atoms with Crippen molar-refractivity contribution in [1.29, 1.82) is 0 Å². The molecule has 4 N–H and O–H groups in total. The summed E-state index contributed by atoms with van der Waals surface area (Å²) < 4.78 is 0. The van der Waals surface area contributed by atoms with Gasteiger partial charge in [-0.3, -0.25) is 19.7 Å². The van der Waals surface area contributed by atoms with Crippen LogP contribution in [0.4, 0.5) is 11.5 Å². The number of nitrogens with zero attached hydrogens (tertiary/aromatic N) is 1. The minimum absolute atomic E-state index is 0.123. The number of amides is 3. The molecule has 2 rings (SSSR count). The second kappa shape index (κ2) is 6.49. The third kappa shape index (κ3) is 3.66. The van der Waals surface area contributed by atoms with Crippen LogP contribution in [0.3, 0.4) is 0 Å². The van der Waals surface area contributed by atoms with E-state index < -0.39 is 17.7 Å². The summed E-state index contributed by atoms with van der Waals surface area (Å²) in [5.41, 5.74) is 6.66. The van der Waals surface area contributed by atoms with Crippen LogP contribution in [0, 0.1) is 6.92 Å². The fourth-order valence-corrected chi connectivity index (χ4v) is 1.72. The van der Waals surface area contributed by atoms with E-state index in [2.05, 4.69) is 10.3 Å². The Bertz CT molecular complexity index is 743. The number of imide groups is 1. The second-order valence-corrected chi connectivity index (χ2v) is 4.49. The van der Waals surface area contributed by atoms with Gasteiger partial charge in [0.1, 0.15) is 5.82 Å². The number of hydrogen-bond acceptors (Lipinski definition) is 5. The SMILES string of the molecule is Cc1cccc(NC(=O)C(=O)NC(=O)c2ccccc2N)n1. The van der Waals surface area contributed by atoms with Crippen molar-refractivity contribution in [1.82, 2.24) is 10.3 Å². The number of carbonyl (C=O) groups is 3. The van der Waals surface area contributed by atoms with E-state index in [4.69, 9.17) is 5.73 Å². The molecule has 0 fully saturated rings. The van der Waals surface area contributed by atoms with E-state index in [1.165, 1.54) is 18.2 Å². The Morgan fingerprint density at radius 2 is 1.73 bits per heavy atom. The summed E-state index contributed by atoms with van der Waals surface area (Å²) in [6.07, 6.45) is 0. The number of aromatic nitrogens is 1. The van der Waals surface area contributed by atoms with E-state index in [1.54, 1.807) is 31.2 Å². The lowest BCUT2D eigenvalue weighted by molar-refractivity contribution is -0.135. The number of pyridine rings is 1. The van der Waals surface area contributed by atoms with Crippen molar-refractivity contribution < 1.29 is 14.4 Å². The van der Waals surface area contributed by atoms with Crippen LogP contribution in [-0.4, -0.2) is 22.7 Å².